The third-order valence-electron chi connectivity index (χ3n) is 3.39. The lowest BCUT2D eigenvalue weighted by molar-refractivity contribution is 0.0729. The highest BCUT2D eigenvalue weighted by molar-refractivity contribution is 5.91. The molecule has 0 aliphatic rings. The lowest BCUT2D eigenvalue weighted by Gasteiger charge is -2.20. The van der Waals surface area contributed by atoms with Gasteiger partial charge in [0.25, 0.3) is 5.91 Å². The molecule has 1 amide bonds. The Balaban J connectivity index is 2.13. The van der Waals surface area contributed by atoms with Crippen LogP contribution in [-0.4, -0.2) is 24.5 Å². The van der Waals surface area contributed by atoms with Crippen molar-refractivity contribution in [2.24, 2.45) is 0 Å². The van der Waals surface area contributed by atoms with Gasteiger partial charge in [-0.1, -0.05) is 25.1 Å². The zero-order chi connectivity index (χ0) is 15.9. The molecule has 2 aromatic rings. The van der Waals surface area contributed by atoms with Crippen LogP contribution in [-0.2, 0) is 13.0 Å². The molecule has 22 heavy (non-hydrogen) atoms. The van der Waals surface area contributed by atoms with Gasteiger partial charge in [0.15, 0.2) is 5.76 Å². The second kappa shape index (κ2) is 7.50. The van der Waals surface area contributed by atoms with E-state index in [-0.39, 0.29) is 5.91 Å². The molecule has 0 spiro atoms. The van der Waals surface area contributed by atoms with Crippen molar-refractivity contribution in [3.63, 3.8) is 0 Å². The predicted octanol–water partition coefficient (Wildman–Crippen LogP) is 3.68. The summed E-state index contributed by atoms with van der Waals surface area (Å²) in [7, 11) is 1.63. The van der Waals surface area contributed by atoms with E-state index in [0.717, 1.165) is 23.5 Å². The lowest BCUT2D eigenvalue weighted by atomic mass is 10.2. The number of furan rings is 1. The first-order valence-corrected chi connectivity index (χ1v) is 7.29. The topological polar surface area (TPSA) is 42.7 Å². The summed E-state index contributed by atoms with van der Waals surface area (Å²) in [5, 5.41) is 0. The van der Waals surface area contributed by atoms with Gasteiger partial charge < -0.3 is 14.1 Å². The molecule has 0 unspecified atom stereocenters. The highest BCUT2D eigenvalue weighted by Gasteiger charge is 2.18. The lowest BCUT2D eigenvalue weighted by Crippen LogP contribution is -2.30. The molecule has 0 saturated carbocycles. The van der Waals surface area contributed by atoms with Gasteiger partial charge in [0.05, 0.1) is 7.11 Å². The average Bonchev–Trinajstić information content (AvgIpc) is 3.03. The van der Waals surface area contributed by atoms with E-state index in [0.29, 0.717) is 18.8 Å². The van der Waals surface area contributed by atoms with Gasteiger partial charge in [0.1, 0.15) is 11.5 Å². The van der Waals surface area contributed by atoms with Gasteiger partial charge in [-0.15, -0.1) is 6.58 Å². The predicted molar refractivity (Wildman–Crippen MR) is 86.0 cm³/mol. The van der Waals surface area contributed by atoms with E-state index in [4.69, 9.17) is 9.15 Å². The van der Waals surface area contributed by atoms with Gasteiger partial charge in [-0.25, -0.2) is 0 Å². The van der Waals surface area contributed by atoms with Gasteiger partial charge in [0, 0.05) is 19.5 Å². The van der Waals surface area contributed by atoms with Crippen molar-refractivity contribution < 1.29 is 13.9 Å². The monoisotopic (exact) mass is 299 g/mol. The maximum atomic E-state index is 12.6. The first kappa shape index (κ1) is 15.9. The number of methoxy groups -OCH3 is 1. The molecular weight excluding hydrogens is 278 g/mol. The summed E-state index contributed by atoms with van der Waals surface area (Å²) in [6.45, 7) is 6.68. The molecule has 4 heteroatoms. The standard InChI is InChI=1S/C18H21NO3/c1-4-12-19(13-14-6-8-16(21-3)9-7-14)18(20)17-11-10-15(5-2)22-17/h4,6-11H,1,5,12-13H2,2-3H3. The van der Waals surface area contributed by atoms with Crippen molar-refractivity contribution in [3.05, 3.63) is 66.1 Å². The quantitative estimate of drug-likeness (QED) is 0.732. The summed E-state index contributed by atoms with van der Waals surface area (Å²) >= 11 is 0. The molecule has 0 bridgehead atoms. The second-order valence-corrected chi connectivity index (χ2v) is 4.94. The normalized spacial score (nSPS) is 10.3. The van der Waals surface area contributed by atoms with Crippen LogP contribution in [0.5, 0.6) is 5.75 Å². The Kier molecular flexibility index (Phi) is 5.42. The van der Waals surface area contributed by atoms with Crippen LogP contribution >= 0.6 is 0 Å². The molecule has 2 rings (SSSR count). The number of benzene rings is 1. The molecule has 4 nitrogen and oxygen atoms in total. The van der Waals surface area contributed by atoms with Crippen molar-refractivity contribution in [1.29, 1.82) is 0 Å². The van der Waals surface area contributed by atoms with Crippen LogP contribution in [0.3, 0.4) is 0 Å². The van der Waals surface area contributed by atoms with E-state index in [1.54, 1.807) is 24.2 Å². The molecule has 0 saturated heterocycles. The van der Waals surface area contributed by atoms with E-state index in [1.807, 2.05) is 37.3 Å². The molecular formula is C18H21NO3. The van der Waals surface area contributed by atoms with Crippen molar-refractivity contribution in [3.8, 4) is 5.75 Å². The molecule has 1 aromatic heterocycles. The largest absolute Gasteiger partial charge is 0.497 e. The smallest absolute Gasteiger partial charge is 0.290 e. The SMILES string of the molecule is C=CCN(Cc1ccc(OC)cc1)C(=O)c1ccc(CC)o1. The van der Waals surface area contributed by atoms with E-state index in [2.05, 4.69) is 6.58 Å². The number of nitrogens with zero attached hydrogens (tertiary/aromatic N) is 1. The third-order valence-corrected chi connectivity index (χ3v) is 3.39. The Morgan fingerprint density at radius 1 is 1.27 bits per heavy atom. The number of amides is 1. The highest BCUT2D eigenvalue weighted by Crippen LogP contribution is 2.16. The number of aryl methyl sites for hydroxylation is 1. The van der Waals surface area contributed by atoms with Gasteiger partial charge in [0.2, 0.25) is 0 Å². The minimum atomic E-state index is -0.129. The Morgan fingerprint density at radius 3 is 2.55 bits per heavy atom. The van der Waals surface area contributed by atoms with Crippen LogP contribution in [0, 0.1) is 0 Å². The van der Waals surface area contributed by atoms with E-state index in [9.17, 15) is 4.79 Å². The highest BCUT2D eigenvalue weighted by atomic mass is 16.5. The molecule has 1 heterocycles. The van der Waals surface area contributed by atoms with Crippen molar-refractivity contribution >= 4 is 5.91 Å². The van der Waals surface area contributed by atoms with E-state index >= 15 is 0 Å². The molecule has 0 aliphatic heterocycles. The molecule has 1 aromatic carbocycles. The summed E-state index contributed by atoms with van der Waals surface area (Å²) in [6, 6.07) is 11.2. The minimum Gasteiger partial charge on any atom is -0.497 e. The number of hydrogen-bond donors (Lipinski definition) is 0. The summed E-state index contributed by atoms with van der Waals surface area (Å²) in [5.74, 6) is 1.85. The Morgan fingerprint density at radius 2 is 2.00 bits per heavy atom. The van der Waals surface area contributed by atoms with Gasteiger partial charge in [-0.2, -0.15) is 0 Å². The zero-order valence-corrected chi connectivity index (χ0v) is 13.0. The molecule has 0 aliphatic carbocycles. The molecule has 0 fully saturated rings. The van der Waals surface area contributed by atoms with Crippen molar-refractivity contribution in [2.45, 2.75) is 19.9 Å². The maximum absolute atomic E-state index is 12.6. The summed E-state index contributed by atoms with van der Waals surface area (Å²) in [4.78, 5) is 14.3. The summed E-state index contributed by atoms with van der Waals surface area (Å²) < 4.78 is 10.7. The van der Waals surface area contributed by atoms with E-state index < -0.39 is 0 Å². The minimum absolute atomic E-state index is 0.129. The number of carbonyl (C=O) groups excluding carboxylic acids is 1. The third kappa shape index (κ3) is 3.79. The number of rotatable bonds is 7. The Hall–Kier alpha value is -2.49. The Labute approximate surface area is 131 Å². The van der Waals surface area contributed by atoms with Crippen LogP contribution < -0.4 is 4.74 Å². The van der Waals surface area contributed by atoms with Crippen molar-refractivity contribution in [1.82, 2.24) is 4.90 Å². The average molecular weight is 299 g/mol. The second-order valence-electron chi connectivity index (χ2n) is 4.94. The fourth-order valence-electron chi connectivity index (χ4n) is 2.17. The number of ether oxygens (including phenoxy) is 1. The first-order valence-electron chi connectivity index (χ1n) is 7.29. The summed E-state index contributed by atoms with van der Waals surface area (Å²) in [5.41, 5.74) is 1.03. The van der Waals surface area contributed by atoms with Crippen LogP contribution in [0.2, 0.25) is 0 Å². The number of hydrogen-bond acceptors (Lipinski definition) is 3. The summed E-state index contributed by atoms with van der Waals surface area (Å²) in [6.07, 6.45) is 2.48. The van der Waals surface area contributed by atoms with Crippen LogP contribution in [0.15, 0.2) is 53.5 Å². The van der Waals surface area contributed by atoms with Crippen LogP contribution in [0.25, 0.3) is 0 Å². The fourth-order valence-corrected chi connectivity index (χ4v) is 2.17. The van der Waals surface area contributed by atoms with Gasteiger partial charge >= 0.3 is 0 Å². The Bertz CT molecular complexity index is 628. The molecule has 0 atom stereocenters. The zero-order valence-electron chi connectivity index (χ0n) is 13.0. The number of carbonyl (C=O) groups is 1. The fraction of sp³-hybridized carbons (Fsp3) is 0.278. The molecule has 116 valence electrons. The van der Waals surface area contributed by atoms with Crippen molar-refractivity contribution in [2.75, 3.05) is 13.7 Å². The van der Waals surface area contributed by atoms with Gasteiger partial charge in [-0.3, -0.25) is 4.79 Å². The van der Waals surface area contributed by atoms with Crippen LogP contribution in [0.4, 0.5) is 0 Å². The van der Waals surface area contributed by atoms with Crippen LogP contribution in [0.1, 0.15) is 28.8 Å². The maximum Gasteiger partial charge on any atom is 0.290 e. The first-order chi connectivity index (χ1) is 10.7. The van der Waals surface area contributed by atoms with Gasteiger partial charge in [-0.05, 0) is 29.8 Å². The van der Waals surface area contributed by atoms with E-state index in [1.165, 1.54) is 0 Å². The molecule has 0 N–H and O–H groups in total. The molecule has 0 radical (unpaired) electrons.